The molecule has 2 N–H and O–H groups in total. The minimum atomic E-state index is 0.0318. The molecule has 0 bridgehead atoms. The van der Waals surface area contributed by atoms with E-state index < -0.39 is 0 Å². The zero-order valence-electron chi connectivity index (χ0n) is 14.0. The third-order valence-corrected chi connectivity index (χ3v) is 5.02. The molecule has 1 amide bonds. The number of halogens is 1. The Morgan fingerprint density at radius 3 is 2.71 bits per heavy atom. The van der Waals surface area contributed by atoms with Gasteiger partial charge in [0.15, 0.2) is 6.54 Å². The van der Waals surface area contributed by atoms with Crippen molar-refractivity contribution in [2.75, 3.05) is 18.9 Å². The lowest BCUT2D eigenvalue weighted by molar-refractivity contribution is -0.885. The highest BCUT2D eigenvalue weighted by Gasteiger charge is 2.21. The van der Waals surface area contributed by atoms with Crippen molar-refractivity contribution in [2.24, 2.45) is 0 Å². The van der Waals surface area contributed by atoms with Gasteiger partial charge in [0.05, 0.1) is 19.3 Å². The van der Waals surface area contributed by atoms with E-state index in [0.717, 1.165) is 34.6 Å². The molecular formula is C18H24BrN4O+. The van der Waals surface area contributed by atoms with Crippen molar-refractivity contribution in [1.29, 1.82) is 0 Å². The van der Waals surface area contributed by atoms with Gasteiger partial charge in [-0.2, -0.15) is 5.10 Å². The van der Waals surface area contributed by atoms with E-state index in [4.69, 9.17) is 0 Å². The van der Waals surface area contributed by atoms with E-state index in [1.54, 1.807) is 6.20 Å². The molecule has 1 unspecified atom stereocenters. The van der Waals surface area contributed by atoms with E-state index in [1.165, 1.54) is 18.4 Å². The number of hydrogen-bond acceptors (Lipinski definition) is 2. The van der Waals surface area contributed by atoms with Crippen LogP contribution in [0.2, 0.25) is 0 Å². The Morgan fingerprint density at radius 2 is 2.00 bits per heavy atom. The summed E-state index contributed by atoms with van der Waals surface area (Å²) < 4.78 is 3.05. The third kappa shape index (κ3) is 4.45. The van der Waals surface area contributed by atoms with E-state index in [9.17, 15) is 4.79 Å². The second-order valence-corrected chi connectivity index (χ2v) is 7.50. The Hall–Kier alpha value is -1.66. The quantitative estimate of drug-likeness (QED) is 0.794. The summed E-state index contributed by atoms with van der Waals surface area (Å²) in [6.07, 6.45) is 6.57. The number of anilines is 1. The van der Waals surface area contributed by atoms with E-state index in [2.05, 4.69) is 38.5 Å². The molecule has 24 heavy (non-hydrogen) atoms. The normalized spacial score (nSPS) is 16.2. The largest absolute Gasteiger partial charge is 0.326 e. The number of hydrogen-bond donors (Lipinski definition) is 2. The molecule has 0 saturated heterocycles. The molecule has 1 aromatic heterocycles. The van der Waals surface area contributed by atoms with Crippen LogP contribution in [0.4, 0.5) is 5.82 Å². The first kappa shape index (κ1) is 17.2. The van der Waals surface area contributed by atoms with Gasteiger partial charge in [-0.3, -0.25) is 4.79 Å². The molecule has 0 aliphatic heterocycles. The van der Waals surface area contributed by atoms with Crippen LogP contribution in [0.5, 0.6) is 0 Å². The maximum absolute atomic E-state index is 12.4. The van der Waals surface area contributed by atoms with Crippen molar-refractivity contribution in [3.05, 3.63) is 46.6 Å². The molecule has 0 spiro atoms. The summed E-state index contributed by atoms with van der Waals surface area (Å²) in [5.74, 6) is 0.854. The number of benzene rings is 1. The fourth-order valence-corrected chi connectivity index (χ4v) is 3.59. The zero-order chi connectivity index (χ0) is 16.9. The van der Waals surface area contributed by atoms with Crippen molar-refractivity contribution in [3.63, 3.8) is 0 Å². The molecule has 1 atom stereocenters. The van der Waals surface area contributed by atoms with Gasteiger partial charge < -0.3 is 10.2 Å². The minimum absolute atomic E-state index is 0.0318. The monoisotopic (exact) mass is 391 g/mol. The molecule has 2 aromatic rings. The van der Waals surface area contributed by atoms with Gasteiger partial charge in [-0.25, -0.2) is 4.68 Å². The molecule has 1 heterocycles. The summed E-state index contributed by atoms with van der Waals surface area (Å²) >= 11 is 3.44. The number of aromatic nitrogens is 2. The van der Waals surface area contributed by atoms with Crippen LogP contribution in [-0.2, 0) is 11.3 Å². The Morgan fingerprint density at radius 1 is 1.29 bits per heavy atom. The molecule has 1 fully saturated rings. The fourth-order valence-electron chi connectivity index (χ4n) is 3.33. The fraction of sp³-hybridized carbons (Fsp3) is 0.444. The average molecular weight is 392 g/mol. The smallest absolute Gasteiger partial charge is 0.280 e. The topological polar surface area (TPSA) is 51.4 Å². The predicted octanol–water partition coefficient (Wildman–Crippen LogP) is 2.41. The van der Waals surface area contributed by atoms with Crippen molar-refractivity contribution < 1.29 is 9.69 Å². The number of quaternary nitrogens is 1. The lowest BCUT2D eigenvalue weighted by atomic mass is 10.2. The van der Waals surface area contributed by atoms with Crippen molar-refractivity contribution in [1.82, 2.24) is 9.78 Å². The van der Waals surface area contributed by atoms with Gasteiger partial charge in [0.2, 0.25) is 0 Å². The van der Waals surface area contributed by atoms with Crippen molar-refractivity contribution in [2.45, 2.75) is 38.3 Å². The zero-order valence-corrected chi connectivity index (χ0v) is 15.6. The van der Waals surface area contributed by atoms with Crippen LogP contribution >= 0.6 is 15.9 Å². The van der Waals surface area contributed by atoms with E-state index in [0.29, 0.717) is 12.6 Å². The number of carbonyl (C=O) groups excluding carboxylic acids is 1. The standard InChI is InChI=1S/C18H23BrN4O/c1-22(12-14-6-8-15(19)9-7-14)13-18(24)21-17-10-11-20-23(17)16-4-2-3-5-16/h6-11,16H,2-5,12-13H2,1H3,(H,21,24)/p+1. The van der Waals surface area contributed by atoms with E-state index >= 15 is 0 Å². The van der Waals surface area contributed by atoms with Gasteiger partial charge in [-0.1, -0.05) is 40.9 Å². The van der Waals surface area contributed by atoms with Gasteiger partial charge in [0.1, 0.15) is 12.4 Å². The molecular weight excluding hydrogens is 368 g/mol. The molecule has 1 aliphatic carbocycles. The first-order valence-electron chi connectivity index (χ1n) is 8.51. The van der Waals surface area contributed by atoms with Gasteiger partial charge in [0.25, 0.3) is 5.91 Å². The summed E-state index contributed by atoms with van der Waals surface area (Å²) in [6, 6.07) is 10.6. The number of amides is 1. The van der Waals surface area contributed by atoms with Gasteiger partial charge in [-0.15, -0.1) is 0 Å². The highest BCUT2D eigenvalue weighted by molar-refractivity contribution is 9.10. The minimum Gasteiger partial charge on any atom is -0.326 e. The number of nitrogens with zero attached hydrogens (tertiary/aromatic N) is 2. The van der Waals surface area contributed by atoms with Crippen LogP contribution in [-0.4, -0.2) is 29.3 Å². The van der Waals surface area contributed by atoms with Gasteiger partial charge in [0, 0.05) is 16.1 Å². The lowest BCUT2D eigenvalue weighted by Gasteiger charge is -2.16. The summed E-state index contributed by atoms with van der Waals surface area (Å²) in [7, 11) is 2.04. The van der Waals surface area contributed by atoms with Crippen molar-refractivity contribution >= 4 is 27.7 Å². The number of rotatable bonds is 6. The molecule has 128 valence electrons. The van der Waals surface area contributed by atoms with Crippen LogP contribution in [0, 0.1) is 0 Å². The third-order valence-electron chi connectivity index (χ3n) is 4.49. The van der Waals surface area contributed by atoms with E-state index in [-0.39, 0.29) is 5.91 Å². The van der Waals surface area contributed by atoms with Crippen LogP contribution in [0.1, 0.15) is 37.3 Å². The molecule has 1 aromatic carbocycles. The van der Waals surface area contributed by atoms with Gasteiger partial charge >= 0.3 is 0 Å². The second kappa shape index (κ2) is 7.94. The predicted molar refractivity (Wildman–Crippen MR) is 98.0 cm³/mol. The summed E-state index contributed by atoms with van der Waals surface area (Å²) in [5.41, 5.74) is 1.22. The van der Waals surface area contributed by atoms with Crippen molar-refractivity contribution in [3.8, 4) is 0 Å². The van der Waals surface area contributed by atoms with Crippen LogP contribution < -0.4 is 10.2 Å². The Bertz CT molecular complexity index is 677. The maximum Gasteiger partial charge on any atom is 0.280 e. The molecule has 1 aliphatic rings. The molecule has 5 nitrogen and oxygen atoms in total. The Balaban J connectivity index is 1.53. The molecule has 1 saturated carbocycles. The van der Waals surface area contributed by atoms with Gasteiger partial charge in [-0.05, 0) is 25.0 Å². The Labute approximate surface area is 151 Å². The number of likely N-dealkylation sites (N-methyl/N-ethyl adjacent to an activating group) is 1. The molecule has 3 rings (SSSR count). The van der Waals surface area contributed by atoms with E-state index in [1.807, 2.05) is 29.9 Å². The average Bonchev–Trinajstić information content (AvgIpc) is 3.20. The summed E-state index contributed by atoms with van der Waals surface area (Å²) in [4.78, 5) is 13.5. The second-order valence-electron chi connectivity index (χ2n) is 6.58. The molecule has 0 radical (unpaired) electrons. The van der Waals surface area contributed by atoms with Crippen LogP contribution in [0.15, 0.2) is 41.0 Å². The highest BCUT2D eigenvalue weighted by atomic mass is 79.9. The number of carbonyl (C=O) groups is 1. The first-order valence-corrected chi connectivity index (χ1v) is 9.30. The van der Waals surface area contributed by atoms with Crippen LogP contribution in [0.25, 0.3) is 0 Å². The highest BCUT2D eigenvalue weighted by Crippen LogP contribution is 2.31. The number of nitrogens with one attached hydrogen (secondary N) is 2. The summed E-state index contributed by atoms with van der Waals surface area (Å²) in [5, 5.41) is 7.42. The Kier molecular flexibility index (Phi) is 5.68. The lowest BCUT2D eigenvalue weighted by Crippen LogP contribution is -3.08. The van der Waals surface area contributed by atoms with Crippen LogP contribution in [0.3, 0.4) is 0 Å². The summed E-state index contributed by atoms with van der Waals surface area (Å²) in [6.45, 7) is 1.26. The SMILES string of the molecule is C[NH+](CC(=O)Nc1ccnn1C1CCCC1)Cc1ccc(Br)cc1. The molecule has 6 heteroatoms. The first-order chi connectivity index (χ1) is 11.6. The maximum atomic E-state index is 12.4.